The Morgan fingerprint density at radius 1 is 1.25 bits per heavy atom. The molecule has 0 fully saturated rings. The molecule has 6 heteroatoms. The molecule has 0 aliphatic heterocycles. The summed E-state index contributed by atoms with van der Waals surface area (Å²) in [4.78, 5) is 12.3. The van der Waals surface area contributed by atoms with E-state index >= 15 is 0 Å². The van der Waals surface area contributed by atoms with Crippen LogP contribution in [0.15, 0.2) is 23.1 Å². The zero-order chi connectivity index (χ0) is 15.6. The molecule has 0 saturated carbocycles. The third-order valence-corrected chi connectivity index (χ3v) is 4.69. The van der Waals surface area contributed by atoms with Gasteiger partial charge in [0.25, 0.3) is 5.91 Å². The Labute approximate surface area is 120 Å². The van der Waals surface area contributed by atoms with Crippen LogP contribution in [0.3, 0.4) is 0 Å². The second-order valence-corrected chi connectivity index (χ2v) is 7.30. The number of amides is 1. The number of hydrogen-bond acceptors (Lipinski definition) is 4. The van der Waals surface area contributed by atoms with Crippen molar-refractivity contribution in [2.24, 2.45) is 0 Å². The van der Waals surface area contributed by atoms with Crippen molar-refractivity contribution in [1.29, 1.82) is 0 Å². The van der Waals surface area contributed by atoms with Crippen LogP contribution < -0.4 is 11.1 Å². The Kier molecular flexibility index (Phi) is 4.81. The van der Waals surface area contributed by atoms with Gasteiger partial charge in [0, 0.05) is 23.0 Å². The average molecular weight is 298 g/mol. The van der Waals surface area contributed by atoms with Crippen LogP contribution in [-0.2, 0) is 9.84 Å². The van der Waals surface area contributed by atoms with E-state index in [1.54, 1.807) is 0 Å². The van der Waals surface area contributed by atoms with E-state index in [0.29, 0.717) is 0 Å². The van der Waals surface area contributed by atoms with Gasteiger partial charge in [-0.15, -0.1) is 0 Å². The number of hydrogen-bond donors (Lipinski definition) is 2. The molecule has 0 aliphatic carbocycles. The Hall–Kier alpha value is -1.56. The first kappa shape index (κ1) is 16.5. The smallest absolute Gasteiger partial charge is 0.251 e. The molecule has 1 aromatic carbocycles. The number of anilines is 1. The van der Waals surface area contributed by atoms with Crippen molar-refractivity contribution in [3.8, 4) is 0 Å². The van der Waals surface area contributed by atoms with Crippen LogP contribution in [0.25, 0.3) is 0 Å². The number of benzene rings is 1. The molecular formula is C14H22N2O3S. The largest absolute Gasteiger partial charge is 0.399 e. The molecule has 112 valence electrons. The maximum absolute atomic E-state index is 12.2. The van der Waals surface area contributed by atoms with E-state index in [-0.39, 0.29) is 27.6 Å². The average Bonchev–Trinajstić information content (AvgIpc) is 2.36. The molecule has 0 heterocycles. The third kappa shape index (κ3) is 3.96. The van der Waals surface area contributed by atoms with Crippen LogP contribution in [0.5, 0.6) is 0 Å². The number of nitrogens with one attached hydrogen (secondary N) is 1. The quantitative estimate of drug-likeness (QED) is 0.813. The van der Waals surface area contributed by atoms with Crippen molar-refractivity contribution >= 4 is 21.4 Å². The zero-order valence-electron chi connectivity index (χ0n) is 12.4. The van der Waals surface area contributed by atoms with E-state index in [1.807, 2.05) is 20.8 Å². The van der Waals surface area contributed by atoms with Crippen molar-refractivity contribution in [2.75, 3.05) is 12.0 Å². The molecule has 0 radical (unpaired) electrons. The third-order valence-electron chi connectivity index (χ3n) is 3.60. The topological polar surface area (TPSA) is 89.3 Å². The lowest BCUT2D eigenvalue weighted by Crippen LogP contribution is -2.45. The van der Waals surface area contributed by atoms with E-state index in [0.717, 1.165) is 19.1 Å². The minimum atomic E-state index is -3.40. The minimum absolute atomic E-state index is 0.0531. The summed E-state index contributed by atoms with van der Waals surface area (Å²) in [6.07, 6.45) is 2.67. The van der Waals surface area contributed by atoms with Crippen LogP contribution in [0.1, 0.15) is 44.0 Å². The molecule has 0 unspecified atom stereocenters. The van der Waals surface area contributed by atoms with Crippen LogP contribution in [0.2, 0.25) is 0 Å². The first-order valence-electron chi connectivity index (χ1n) is 6.54. The van der Waals surface area contributed by atoms with E-state index in [2.05, 4.69) is 5.32 Å². The molecule has 1 amide bonds. The highest BCUT2D eigenvalue weighted by Gasteiger charge is 2.23. The number of carbonyl (C=O) groups is 1. The predicted octanol–water partition coefficient (Wildman–Crippen LogP) is 1.98. The fourth-order valence-electron chi connectivity index (χ4n) is 1.74. The van der Waals surface area contributed by atoms with Crippen LogP contribution in [0, 0.1) is 0 Å². The summed E-state index contributed by atoms with van der Waals surface area (Å²) in [7, 11) is -3.40. The second-order valence-electron chi connectivity index (χ2n) is 5.28. The highest BCUT2D eigenvalue weighted by atomic mass is 32.2. The van der Waals surface area contributed by atoms with E-state index in [1.165, 1.54) is 18.2 Å². The van der Waals surface area contributed by atoms with Gasteiger partial charge in [0.2, 0.25) is 0 Å². The molecule has 0 saturated heterocycles. The number of nitrogen functional groups attached to an aromatic ring is 1. The molecule has 0 aliphatic rings. The summed E-state index contributed by atoms with van der Waals surface area (Å²) in [5.74, 6) is -0.312. The molecule has 3 N–H and O–H groups in total. The molecule has 20 heavy (non-hydrogen) atoms. The van der Waals surface area contributed by atoms with Gasteiger partial charge < -0.3 is 11.1 Å². The normalized spacial score (nSPS) is 12.2. The van der Waals surface area contributed by atoms with Crippen LogP contribution in [0.4, 0.5) is 5.69 Å². The minimum Gasteiger partial charge on any atom is -0.399 e. The van der Waals surface area contributed by atoms with Crippen molar-refractivity contribution in [3.63, 3.8) is 0 Å². The highest BCUT2D eigenvalue weighted by Crippen LogP contribution is 2.19. The van der Waals surface area contributed by atoms with Gasteiger partial charge in [-0.2, -0.15) is 0 Å². The van der Waals surface area contributed by atoms with Crippen molar-refractivity contribution in [3.05, 3.63) is 23.8 Å². The molecule has 1 rings (SSSR count). The fourth-order valence-corrected chi connectivity index (χ4v) is 2.43. The SMILES string of the molecule is CCC(C)(CC)NC(=O)c1cc(N)cc(S(C)(=O)=O)c1. The standard InChI is InChI=1S/C14H22N2O3S/c1-5-14(3,6-2)16-13(17)10-7-11(15)9-12(8-10)20(4,18)19/h7-9H,5-6,15H2,1-4H3,(H,16,17). The van der Waals surface area contributed by atoms with Crippen molar-refractivity contribution in [2.45, 2.75) is 44.0 Å². The predicted molar refractivity (Wildman–Crippen MR) is 80.4 cm³/mol. The van der Waals surface area contributed by atoms with Gasteiger partial charge in [-0.25, -0.2) is 8.42 Å². The van der Waals surface area contributed by atoms with E-state index < -0.39 is 9.84 Å². The van der Waals surface area contributed by atoms with E-state index in [4.69, 9.17) is 5.73 Å². The lowest BCUT2D eigenvalue weighted by atomic mass is 9.95. The van der Waals surface area contributed by atoms with Gasteiger partial charge in [-0.1, -0.05) is 13.8 Å². The summed E-state index contributed by atoms with van der Waals surface area (Å²) >= 11 is 0. The maximum atomic E-state index is 12.2. The fraction of sp³-hybridized carbons (Fsp3) is 0.500. The molecule has 0 aromatic heterocycles. The lowest BCUT2D eigenvalue weighted by Gasteiger charge is -2.28. The molecule has 0 bridgehead atoms. The Morgan fingerprint density at radius 3 is 2.25 bits per heavy atom. The summed E-state index contributed by atoms with van der Waals surface area (Å²) in [5.41, 5.74) is 5.89. The summed E-state index contributed by atoms with van der Waals surface area (Å²) in [6.45, 7) is 5.94. The van der Waals surface area contributed by atoms with Crippen molar-refractivity contribution in [1.82, 2.24) is 5.32 Å². The van der Waals surface area contributed by atoms with E-state index in [9.17, 15) is 13.2 Å². The highest BCUT2D eigenvalue weighted by molar-refractivity contribution is 7.90. The monoisotopic (exact) mass is 298 g/mol. The zero-order valence-corrected chi connectivity index (χ0v) is 13.2. The molecular weight excluding hydrogens is 276 g/mol. The van der Waals surface area contributed by atoms with Gasteiger partial charge in [0.1, 0.15) is 0 Å². The number of carbonyl (C=O) groups excluding carboxylic acids is 1. The van der Waals surface area contributed by atoms with Gasteiger partial charge in [-0.05, 0) is 38.0 Å². The second kappa shape index (κ2) is 5.83. The Balaban J connectivity index is 3.15. The lowest BCUT2D eigenvalue weighted by molar-refractivity contribution is 0.0901. The molecule has 0 atom stereocenters. The first-order valence-corrected chi connectivity index (χ1v) is 8.43. The van der Waals surface area contributed by atoms with Crippen LogP contribution in [-0.4, -0.2) is 26.1 Å². The first-order chi connectivity index (χ1) is 9.11. The summed E-state index contributed by atoms with van der Waals surface area (Å²) < 4.78 is 23.1. The molecule has 1 aromatic rings. The number of rotatable bonds is 5. The summed E-state index contributed by atoms with van der Waals surface area (Å²) in [6, 6.07) is 4.19. The molecule has 5 nitrogen and oxygen atoms in total. The Bertz CT molecular complexity index is 605. The number of nitrogens with two attached hydrogens (primary N) is 1. The van der Waals surface area contributed by atoms with Gasteiger partial charge in [-0.3, -0.25) is 4.79 Å². The Morgan fingerprint density at radius 2 is 1.80 bits per heavy atom. The van der Waals surface area contributed by atoms with Gasteiger partial charge >= 0.3 is 0 Å². The van der Waals surface area contributed by atoms with Crippen molar-refractivity contribution < 1.29 is 13.2 Å². The van der Waals surface area contributed by atoms with Gasteiger partial charge in [0.05, 0.1) is 4.90 Å². The maximum Gasteiger partial charge on any atom is 0.251 e. The summed E-state index contributed by atoms with van der Waals surface area (Å²) in [5, 5.41) is 2.93. The number of sulfone groups is 1. The van der Waals surface area contributed by atoms with Gasteiger partial charge in [0.15, 0.2) is 9.84 Å². The van der Waals surface area contributed by atoms with Crippen LogP contribution >= 0.6 is 0 Å². The molecule has 0 spiro atoms.